The summed E-state index contributed by atoms with van der Waals surface area (Å²) in [6, 6.07) is -0.715. The molecule has 0 spiro atoms. The van der Waals surface area contributed by atoms with Gasteiger partial charge in [-0.05, 0) is 13.3 Å². The van der Waals surface area contributed by atoms with Crippen molar-refractivity contribution in [1.82, 2.24) is 9.71 Å². The van der Waals surface area contributed by atoms with Gasteiger partial charge in [-0.3, -0.25) is 0 Å². The van der Waals surface area contributed by atoms with Crippen LogP contribution in [0.15, 0.2) is 15.6 Å². The molecular formula is C9H16N4O3S2. The molecule has 0 aliphatic heterocycles. The number of nitrogens with zero attached hydrogens (tertiary/aromatic N) is 2. The molecule has 0 bridgehead atoms. The molecule has 1 atom stereocenters. The van der Waals surface area contributed by atoms with Gasteiger partial charge in [0.15, 0.2) is 10.0 Å². The number of aryl methyl sites for hydroxylation is 1. The summed E-state index contributed by atoms with van der Waals surface area (Å²) < 4.78 is 26.6. The van der Waals surface area contributed by atoms with Gasteiger partial charge in [-0.2, -0.15) is 4.72 Å². The first-order valence-electron chi connectivity index (χ1n) is 5.33. The van der Waals surface area contributed by atoms with Gasteiger partial charge < -0.3 is 10.9 Å². The predicted molar refractivity (Wildman–Crippen MR) is 69.3 cm³/mol. The number of aromatic nitrogens is 1. The molecule has 0 aliphatic rings. The highest BCUT2D eigenvalue weighted by Crippen LogP contribution is 2.18. The largest absolute Gasteiger partial charge is 0.409 e. The summed E-state index contributed by atoms with van der Waals surface area (Å²) in [6.07, 6.45) is 2.44. The number of rotatable bonds is 6. The SMILES string of the molecule is CCCC(NS(=O)(=O)c1cnc(C)s1)C(N)=NO. The second kappa shape index (κ2) is 6.12. The molecule has 0 aromatic carbocycles. The average Bonchev–Trinajstić information content (AvgIpc) is 2.75. The molecule has 0 fully saturated rings. The second-order valence-corrected chi connectivity index (χ2v) is 6.86. The fourth-order valence-electron chi connectivity index (χ4n) is 1.34. The third-order valence-corrected chi connectivity index (χ3v) is 5.06. The van der Waals surface area contributed by atoms with E-state index in [-0.39, 0.29) is 10.0 Å². The van der Waals surface area contributed by atoms with Crippen LogP contribution in [-0.2, 0) is 10.0 Å². The third kappa shape index (κ3) is 3.65. The highest BCUT2D eigenvalue weighted by Gasteiger charge is 2.24. The van der Waals surface area contributed by atoms with E-state index < -0.39 is 16.1 Å². The van der Waals surface area contributed by atoms with E-state index in [1.54, 1.807) is 6.92 Å². The summed E-state index contributed by atoms with van der Waals surface area (Å²) in [6.45, 7) is 3.60. The van der Waals surface area contributed by atoms with Gasteiger partial charge in [0.2, 0.25) is 0 Å². The summed E-state index contributed by atoms with van der Waals surface area (Å²) in [5.41, 5.74) is 5.45. The maximum atomic E-state index is 12.0. The monoisotopic (exact) mass is 292 g/mol. The number of hydrogen-bond donors (Lipinski definition) is 3. The molecule has 1 aromatic rings. The van der Waals surface area contributed by atoms with Crippen LogP contribution in [0, 0.1) is 6.92 Å². The van der Waals surface area contributed by atoms with E-state index in [1.807, 2.05) is 6.92 Å². The van der Waals surface area contributed by atoms with Crippen molar-refractivity contribution < 1.29 is 13.6 Å². The molecule has 0 amide bonds. The van der Waals surface area contributed by atoms with E-state index in [2.05, 4.69) is 14.9 Å². The maximum Gasteiger partial charge on any atom is 0.252 e. The van der Waals surface area contributed by atoms with E-state index in [4.69, 9.17) is 10.9 Å². The van der Waals surface area contributed by atoms with Crippen molar-refractivity contribution in [2.24, 2.45) is 10.9 Å². The fourth-order valence-corrected chi connectivity index (χ4v) is 3.70. The molecule has 18 heavy (non-hydrogen) atoms. The van der Waals surface area contributed by atoms with Gasteiger partial charge >= 0.3 is 0 Å². The Kier molecular flexibility index (Phi) is 5.05. The zero-order chi connectivity index (χ0) is 13.8. The van der Waals surface area contributed by atoms with Crippen LogP contribution in [0.1, 0.15) is 24.8 Å². The summed E-state index contributed by atoms with van der Waals surface area (Å²) >= 11 is 1.07. The zero-order valence-corrected chi connectivity index (χ0v) is 11.8. The third-order valence-electron chi connectivity index (χ3n) is 2.21. The number of hydrogen-bond acceptors (Lipinski definition) is 6. The van der Waals surface area contributed by atoms with Crippen molar-refractivity contribution in [2.75, 3.05) is 0 Å². The van der Waals surface area contributed by atoms with Crippen LogP contribution in [0.5, 0.6) is 0 Å². The molecular weight excluding hydrogens is 276 g/mol. The Bertz CT molecular complexity index is 524. The molecule has 1 rings (SSSR count). The minimum absolute atomic E-state index is 0.117. The topological polar surface area (TPSA) is 118 Å². The van der Waals surface area contributed by atoms with Crippen molar-refractivity contribution in [3.63, 3.8) is 0 Å². The number of sulfonamides is 1. The number of amidine groups is 1. The van der Waals surface area contributed by atoms with Gasteiger partial charge in [0.05, 0.1) is 17.2 Å². The quantitative estimate of drug-likeness (QED) is 0.308. The Balaban J connectivity index is 2.93. The van der Waals surface area contributed by atoms with E-state index in [9.17, 15) is 8.42 Å². The van der Waals surface area contributed by atoms with E-state index in [0.29, 0.717) is 17.8 Å². The molecule has 9 heteroatoms. The van der Waals surface area contributed by atoms with Crippen molar-refractivity contribution in [1.29, 1.82) is 0 Å². The van der Waals surface area contributed by atoms with Crippen molar-refractivity contribution >= 4 is 27.2 Å². The summed E-state index contributed by atoms with van der Waals surface area (Å²) in [5.74, 6) is -0.151. The van der Waals surface area contributed by atoms with Crippen LogP contribution in [-0.4, -0.2) is 30.5 Å². The molecule has 0 aliphatic carbocycles. The number of thiazole rings is 1. The first-order valence-corrected chi connectivity index (χ1v) is 7.62. The average molecular weight is 292 g/mol. The highest BCUT2D eigenvalue weighted by atomic mass is 32.2. The van der Waals surface area contributed by atoms with E-state index in [1.165, 1.54) is 6.20 Å². The molecule has 1 unspecified atom stereocenters. The Hall–Kier alpha value is -1.19. The normalized spacial score (nSPS) is 14.7. The van der Waals surface area contributed by atoms with Gasteiger partial charge in [-0.1, -0.05) is 18.5 Å². The van der Waals surface area contributed by atoms with Gasteiger partial charge in [-0.15, -0.1) is 11.3 Å². The maximum absolute atomic E-state index is 12.0. The van der Waals surface area contributed by atoms with Crippen molar-refractivity contribution in [3.8, 4) is 0 Å². The van der Waals surface area contributed by atoms with Gasteiger partial charge in [0, 0.05) is 0 Å². The van der Waals surface area contributed by atoms with Crippen molar-refractivity contribution in [2.45, 2.75) is 36.9 Å². The summed E-state index contributed by atoms with van der Waals surface area (Å²) in [7, 11) is -3.68. The molecule has 7 nitrogen and oxygen atoms in total. The van der Waals surface area contributed by atoms with Gasteiger partial charge in [0.25, 0.3) is 10.0 Å². The Labute approximate surface area is 110 Å². The lowest BCUT2D eigenvalue weighted by atomic mass is 10.2. The van der Waals surface area contributed by atoms with Crippen LogP contribution < -0.4 is 10.5 Å². The second-order valence-electron chi connectivity index (χ2n) is 3.69. The molecule has 0 saturated carbocycles. The Morgan fingerprint density at radius 1 is 1.72 bits per heavy atom. The smallest absolute Gasteiger partial charge is 0.252 e. The van der Waals surface area contributed by atoms with Gasteiger partial charge in [-0.25, -0.2) is 13.4 Å². The summed E-state index contributed by atoms with van der Waals surface area (Å²) in [5, 5.41) is 12.1. The Morgan fingerprint density at radius 2 is 2.39 bits per heavy atom. The summed E-state index contributed by atoms with van der Waals surface area (Å²) in [4.78, 5) is 3.89. The molecule has 0 radical (unpaired) electrons. The minimum atomic E-state index is -3.68. The Morgan fingerprint density at radius 3 is 2.83 bits per heavy atom. The zero-order valence-electron chi connectivity index (χ0n) is 10.1. The first kappa shape index (κ1) is 14.9. The van der Waals surface area contributed by atoms with Crippen LogP contribution in [0.25, 0.3) is 0 Å². The van der Waals surface area contributed by atoms with E-state index in [0.717, 1.165) is 11.3 Å². The minimum Gasteiger partial charge on any atom is -0.409 e. The number of nitrogens with two attached hydrogens (primary N) is 1. The first-order chi connectivity index (χ1) is 8.40. The van der Waals surface area contributed by atoms with Crippen LogP contribution in [0.2, 0.25) is 0 Å². The lowest BCUT2D eigenvalue weighted by molar-refractivity contribution is 0.315. The molecule has 1 aromatic heterocycles. The number of nitrogens with one attached hydrogen (secondary N) is 1. The highest BCUT2D eigenvalue weighted by molar-refractivity contribution is 7.91. The van der Waals surface area contributed by atoms with E-state index >= 15 is 0 Å². The standard InChI is InChI=1S/C9H16N4O3S2/c1-3-4-7(9(10)12-14)13-18(15,16)8-5-11-6(2)17-8/h5,7,13-14H,3-4H2,1-2H3,(H2,10,12). The van der Waals surface area contributed by atoms with Crippen LogP contribution in [0.3, 0.4) is 0 Å². The number of oxime groups is 1. The van der Waals surface area contributed by atoms with Gasteiger partial charge in [0.1, 0.15) is 0 Å². The fraction of sp³-hybridized carbons (Fsp3) is 0.556. The molecule has 0 saturated heterocycles. The molecule has 4 N–H and O–H groups in total. The van der Waals surface area contributed by atoms with Crippen LogP contribution in [0.4, 0.5) is 0 Å². The lowest BCUT2D eigenvalue weighted by Gasteiger charge is -2.15. The lowest BCUT2D eigenvalue weighted by Crippen LogP contribution is -2.44. The van der Waals surface area contributed by atoms with Crippen LogP contribution >= 0.6 is 11.3 Å². The predicted octanol–water partition coefficient (Wildman–Crippen LogP) is 0.645. The molecule has 102 valence electrons. The molecule has 1 heterocycles. The van der Waals surface area contributed by atoms with Crippen molar-refractivity contribution in [3.05, 3.63) is 11.2 Å².